The first-order valence-corrected chi connectivity index (χ1v) is 5.87. The minimum absolute atomic E-state index is 0.211. The van der Waals surface area contributed by atoms with Gasteiger partial charge in [-0.15, -0.1) is 0 Å². The Balaban J connectivity index is 2.39. The molecule has 0 saturated heterocycles. The van der Waals surface area contributed by atoms with Crippen LogP contribution in [0.2, 0.25) is 0 Å². The van der Waals surface area contributed by atoms with Gasteiger partial charge in [0, 0.05) is 18.7 Å². The first-order valence-electron chi connectivity index (χ1n) is 5.87. The summed E-state index contributed by atoms with van der Waals surface area (Å²) in [5.41, 5.74) is 0.384. The largest absolute Gasteiger partial charge is 0.396 e. The SMILES string of the molecule is CN(CCCCCO)Cc1cccc(F)c1F. The molecule has 0 aromatic heterocycles. The summed E-state index contributed by atoms with van der Waals surface area (Å²) in [6.45, 7) is 1.43. The summed E-state index contributed by atoms with van der Waals surface area (Å²) >= 11 is 0. The Morgan fingerprint density at radius 2 is 1.94 bits per heavy atom. The first-order chi connectivity index (χ1) is 8.15. The number of benzene rings is 1. The number of hydrogen-bond donors (Lipinski definition) is 1. The molecular formula is C13H19F2NO. The average Bonchev–Trinajstić information content (AvgIpc) is 2.31. The fourth-order valence-corrected chi connectivity index (χ4v) is 1.71. The van der Waals surface area contributed by atoms with Crippen molar-refractivity contribution in [1.82, 2.24) is 4.90 Å². The smallest absolute Gasteiger partial charge is 0.163 e. The summed E-state index contributed by atoms with van der Waals surface area (Å²) in [5.74, 6) is -1.55. The van der Waals surface area contributed by atoms with E-state index in [1.54, 1.807) is 6.07 Å². The maximum Gasteiger partial charge on any atom is 0.163 e. The van der Waals surface area contributed by atoms with E-state index in [1.807, 2.05) is 11.9 Å². The third kappa shape index (κ3) is 4.79. The predicted molar refractivity (Wildman–Crippen MR) is 63.6 cm³/mol. The van der Waals surface area contributed by atoms with Crippen LogP contribution in [0.5, 0.6) is 0 Å². The highest BCUT2D eigenvalue weighted by molar-refractivity contribution is 5.18. The van der Waals surface area contributed by atoms with Crippen molar-refractivity contribution < 1.29 is 13.9 Å². The quantitative estimate of drug-likeness (QED) is 0.744. The van der Waals surface area contributed by atoms with Crippen molar-refractivity contribution in [2.24, 2.45) is 0 Å². The van der Waals surface area contributed by atoms with Crippen LogP contribution in [0.3, 0.4) is 0 Å². The van der Waals surface area contributed by atoms with Crippen LogP contribution in [-0.4, -0.2) is 30.2 Å². The summed E-state index contributed by atoms with van der Waals surface area (Å²) in [7, 11) is 1.88. The van der Waals surface area contributed by atoms with Crippen molar-refractivity contribution in [3.8, 4) is 0 Å². The zero-order valence-electron chi connectivity index (χ0n) is 10.1. The van der Waals surface area contributed by atoms with Gasteiger partial charge in [0.2, 0.25) is 0 Å². The van der Waals surface area contributed by atoms with Gasteiger partial charge in [-0.2, -0.15) is 0 Å². The first kappa shape index (κ1) is 14.1. The average molecular weight is 243 g/mol. The second-order valence-electron chi connectivity index (χ2n) is 4.23. The maximum atomic E-state index is 13.4. The molecule has 96 valence electrons. The van der Waals surface area contributed by atoms with Gasteiger partial charge in [0.05, 0.1) is 0 Å². The lowest BCUT2D eigenvalue weighted by molar-refractivity contribution is 0.270. The number of aliphatic hydroxyl groups is 1. The standard InChI is InChI=1S/C13H19F2NO/c1-16(8-3-2-4-9-17)10-11-6-5-7-12(14)13(11)15/h5-7,17H,2-4,8-10H2,1H3. The molecule has 0 aliphatic carbocycles. The summed E-state index contributed by atoms with van der Waals surface area (Å²) in [4.78, 5) is 1.95. The molecule has 0 aliphatic rings. The minimum Gasteiger partial charge on any atom is -0.396 e. The lowest BCUT2D eigenvalue weighted by atomic mass is 10.2. The lowest BCUT2D eigenvalue weighted by Gasteiger charge is -2.16. The van der Waals surface area contributed by atoms with Crippen LogP contribution in [-0.2, 0) is 6.54 Å². The molecule has 1 rings (SSSR count). The van der Waals surface area contributed by atoms with Gasteiger partial charge in [-0.1, -0.05) is 12.1 Å². The van der Waals surface area contributed by atoms with E-state index in [9.17, 15) is 8.78 Å². The molecule has 17 heavy (non-hydrogen) atoms. The van der Waals surface area contributed by atoms with Crippen molar-refractivity contribution in [1.29, 1.82) is 0 Å². The Morgan fingerprint density at radius 1 is 1.18 bits per heavy atom. The van der Waals surface area contributed by atoms with E-state index in [4.69, 9.17) is 5.11 Å². The molecule has 1 N–H and O–H groups in total. The molecule has 0 saturated carbocycles. The molecular weight excluding hydrogens is 224 g/mol. The van der Waals surface area contributed by atoms with Gasteiger partial charge in [-0.25, -0.2) is 8.78 Å². The topological polar surface area (TPSA) is 23.5 Å². The van der Waals surface area contributed by atoms with Crippen LogP contribution in [0, 0.1) is 11.6 Å². The van der Waals surface area contributed by atoms with E-state index in [-0.39, 0.29) is 6.61 Å². The van der Waals surface area contributed by atoms with E-state index < -0.39 is 11.6 Å². The summed E-state index contributed by atoms with van der Waals surface area (Å²) in [5, 5.41) is 8.63. The van der Waals surface area contributed by atoms with Gasteiger partial charge in [0.1, 0.15) is 0 Å². The number of nitrogens with zero attached hydrogens (tertiary/aromatic N) is 1. The Labute approximate surface area is 101 Å². The highest BCUT2D eigenvalue weighted by atomic mass is 19.2. The van der Waals surface area contributed by atoms with Gasteiger partial charge in [-0.3, -0.25) is 0 Å². The van der Waals surface area contributed by atoms with Crippen molar-refractivity contribution >= 4 is 0 Å². The number of rotatable bonds is 7. The van der Waals surface area contributed by atoms with Crippen molar-refractivity contribution in [3.05, 3.63) is 35.4 Å². The van der Waals surface area contributed by atoms with Crippen molar-refractivity contribution in [3.63, 3.8) is 0 Å². The molecule has 4 heteroatoms. The number of aliphatic hydroxyl groups excluding tert-OH is 1. The maximum absolute atomic E-state index is 13.4. The van der Waals surface area contributed by atoms with E-state index in [0.29, 0.717) is 12.1 Å². The number of hydrogen-bond acceptors (Lipinski definition) is 2. The van der Waals surface area contributed by atoms with E-state index in [0.717, 1.165) is 31.9 Å². The molecule has 0 aliphatic heterocycles. The fraction of sp³-hybridized carbons (Fsp3) is 0.538. The Hall–Kier alpha value is -1.00. The van der Waals surface area contributed by atoms with Gasteiger partial charge in [-0.05, 0) is 38.9 Å². The Kier molecular flexibility index (Phi) is 6.08. The van der Waals surface area contributed by atoms with Gasteiger partial charge in [0.15, 0.2) is 11.6 Å². The zero-order valence-corrected chi connectivity index (χ0v) is 10.1. The fourth-order valence-electron chi connectivity index (χ4n) is 1.71. The molecule has 1 aromatic carbocycles. The highest BCUT2D eigenvalue weighted by Gasteiger charge is 2.09. The molecule has 0 unspecified atom stereocenters. The number of unbranched alkanes of at least 4 members (excludes halogenated alkanes) is 2. The van der Waals surface area contributed by atoms with Crippen molar-refractivity contribution in [2.45, 2.75) is 25.8 Å². The van der Waals surface area contributed by atoms with Crippen LogP contribution >= 0.6 is 0 Å². The molecule has 1 aromatic rings. The predicted octanol–water partition coefficient (Wildman–Crippen LogP) is 2.56. The lowest BCUT2D eigenvalue weighted by Crippen LogP contribution is -2.20. The minimum atomic E-state index is -0.795. The van der Waals surface area contributed by atoms with Gasteiger partial charge >= 0.3 is 0 Å². The van der Waals surface area contributed by atoms with Crippen LogP contribution in [0.25, 0.3) is 0 Å². The summed E-state index contributed by atoms with van der Waals surface area (Å²) in [6, 6.07) is 4.25. The molecule has 0 bridgehead atoms. The molecule has 0 spiro atoms. The molecule has 0 amide bonds. The Bertz CT molecular complexity index is 344. The van der Waals surface area contributed by atoms with E-state index in [1.165, 1.54) is 6.07 Å². The third-order valence-corrected chi connectivity index (χ3v) is 2.67. The van der Waals surface area contributed by atoms with E-state index in [2.05, 4.69) is 0 Å². The molecule has 2 nitrogen and oxygen atoms in total. The van der Waals surface area contributed by atoms with E-state index >= 15 is 0 Å². The second-order valence-corrected chi connectivity index (χ2v) is 4.23. The monoisotopic (exact) mass is 243 g/mol. The molecule has 0 atom stereocenters. The van der Waals surface area contributed by atoms with Crippen LogP contribution in [0.15, 0.2) is 18.2 Å². The Morgan fingerprint density at radius 3 is 2.65 bits per heavy atom. The van der Waals surface area contributed by atoms with Crippen LogP contribution in [0.4, 0.5) is 8.78 Å². The zero-order chi connectivity index (χ0) is 12.7. The summed E-state index contributed by atoms with van der Waals surface area (Å²) in [6.07, 6.45) is 2.70. The normalized spacial score (nSPS) is 11.1. The van der Waals surface area contributed by atoms with Crippen LogP contribution in [0.1, 0.15) is 24.8 Å². The number of halogens is 2. The second kappa shape index (κ2) is 7.35. The molecule has 0 heterocycles. The van der Waals surface area contributed by atoms with Crippen LogP contribution < -0.4 is 0 Å². The van der Waals surface area contributed by atoms with Gasteiger partial charge in [0.25, 0.3) is 0 Å². The highest BCUT2D eigenvalue weighted by Crippen LogP contribution is 2.13. The molecule has 0 radical (unpaired) electrons. The third-order valence-electron chi connectivity index (χ3n) is 2.67. The summed E-state index contributed by atoms with van der Waals surface area (Å²) < 4.78 is 26.3. The van der Waals surface area contributed by atoms with Gasteiger partial charge < -0.3 is 10.0 Å². The molecule has 0 fully saturated rings. The van der Waals surface area contributed by atoms with Crippen molar-refractivity contribution in [2.75, 3.05) is 20.2 Å².